The lowest BCUT2D eigenvalue weighted by molar-refractivity contribution is 0.0926. The van der Waals surface area contributed by atoms with Crippen LogP contribution in [0.1, 0.15) is 26.3 Å². The van der Waals surface area contributed by atoms with Crippen LogP contribution in [0.15, 0.2) is 36.4 Å². The molecule has 3 nitrogen and oxygen atoms in total. The maximum atomic E-state index is 12.5. The van der Waals surface area contributed by atoms with E-state index in [4.69, 9.17) is 11.6 Å². The fourth-order valence-corrected chi connectivity index (χ4v) is 3.35. The van der Waals surface area contributed by atoms with Crippen LogP contribution in [0.5, 0.6) is 0 Å². The molecule has 0 unspecified atom stereocenters. The number of anilines is 1. The number of carbonyl (C=O) groups is 2. The van der Waals surface area contributed by atoms with Crippen molar-refractivity contribution in [2.75, 3.05) is 4.90 Å². The van der Waals surface area contributed by atoms with Gasteiger partial charge in [0.1, 0.15) is 0 Å². The van der Waals surface area contributed by atoms with Crippen LogP contribution >= 0.6 is 34.2 Å². The van der Waals surface area contributed by atoms with E-state index < -0.39 is 0 Å². The van der Waals surface area contributed by atoms with Gasteiger partial charge >= 0.3 is 0 Å². The van der Waals surface area contributed by atoms with E-state index in [0.717, 1.165) is 9.13 Å². The summed E-state index contributed by atoms with van der Waals surface area (Å²) in [6, 6.07) is 10.4. The van der Waals surface area contributed by atoms with E-state index in [9.17, 15) is 9.59 Å². The average Bonchev–Trinajstić information content (AvgIpc) is 2.63. The molecule has 2 amide bonds. The summed E-state index contributed by atoms with van der Waals surface area (Å²) in [5.41, 5.74) is 2.43. The number of benzene rings is 2. The Morgan fingerprint density at radius 3 is 2.40 bits per heavy atom. The Labute approximate surface area is 134 Å². The van der Waals surface area contributed by atoms with Crippen LogP contribution in [-0.4, -0.2) is 11.8 Å². The first kappa shape index (κ1) is 13.6. The Bertz CT molecular complexity index is 758. The molecular weight excluding hydrogens is 389 g/mol. The van der Waals surface area contributed by atoms with Crippen LogP contribution in [0.4, 0.5) is 5.69 Å². The number of nitrogens with zero attached hydrogens (tertiary/aromatic N) is 1. The monoisotopic (exact) mass is 397 g/mol. The van der Waals surface area contributed by atoms with Gasteiger partial charge in [-0.15, -0.1) is 0 Å². The van der Waals surface area contributed by atoms with Crippen LogP contribution < -0.4 is 4.90 Å². The molecule has 0 fully saturated rings. The Morgan fingerprint density at radius 1 is 1.00 bits per heavy atom. The van der Waals surface area contributed by atoms with E-state index in [1.165, 1.54) is 4.90 Å². The molecule has 1 heterocycles. The van der Waals surface area contributed by atoms with Crippen molar-refractivity contribution in [3.63, 3.8) is 0 Å². The highest BCUT2D eigenvalue weighted by Gasteiger charge is 2.37. The van der Waals surface area contributed by atoms with Gasteiger partial charge in [-0.3, -0.25) is 9.59 Å². The molecule has 0 saturated carbocycles. The van der Waals surface area contributed by atoms with Crippen molar-refractivity contribution >= 4 is 51.7 Å². The van der Waals surface area contributed by atoms with E-state index in [0.29, 0.717) is 21.8 Å². The van der Waals surface area contributed by atoms with Gasteiger partial charge in [-0.25, -0.2) is 4.90 Å². The van der Waals surface area contributed by atoms with E-state index in [1.54, 1.807) is 30.3 Å². The third-order valence-corrected chi connectivity index (χ3v) is 4.29. The lowest BCUT2D eigenvalue weighted by Gasteiger charge is -2.15. The van der Waals surface area contributed by atoms with Crippen molar-refractivity contribution in [1.82, 2.24) is 0 Å². The molecule has 5 heteroatoms. The van der Waals surface area contributed by atoms with Crippen molar-refractivity contribution < 1.29 is 9.59 Å². The zero-order chi connectivity index (χ0) is 14.4. The predicted molar refractivity (Wildman–Crippen MR) is 86.5 cm³/mol. The topological polar surface area (TPSA) is 37.4 Å². The first-order chi connectivity index (χ1) is 9.49. The summed E-state index contributed by atoms with van der Waals surface area (Å²) in [6.07, 6.45) is 0. The Kier molecular flexibility index (Phi) is 3.30. The summed E-state index contributed by atoms with van der Waals surface area (Å²) in [4.78, 5) is 26.1. The highest BCUT2D eigenvalue weighted by molar-refractivity contribution is 14.1. The highest BCUT2D eigenvalue weighted by Crippen LogP contribution is 2.33. The number of hydrogen-bond donors (Lipinski definition) is 0. The second kappa shape index (κ2) is 4.86. The second-order valence-corrected chi connectivity index (χ2v) is 6.19. The van der Waals surface area contributed by atoms with Crippen LogP contribution in [0.25, 0.3) is 0 Å². The molecular formula is C15H9ClINO2. The van der Waals surface area contributed by atoms with E-state index in [-0.39, 0.29) is 11.8 Å². The van der Waals surface area contributed by atoms with Gasteiger partial charge in [0, 0.05) is 8.59 Å². The molecule has 0 aromatic heterocycles. The maximum absolute atomic E-state index is 12.5. The molecule has 2 aromatic rings. The van der Waals surface area contributed by atoms with Gasteiger partial charge in [0.15, 0.2) is 0 Å². The molecule has 20 heavy (non-hydrogen) atoms. The van der Waals surface area contributed by atoms with Gasteiger partial charge in [0.2, 0.25) is 0 Å². The minimum Gasteiger partial charge on any atom is -0.268 e. The summed E-state index contributed by atoms with van der Waals surface area (Å²) in [5, 5.41) is 0.575. The Morgan fingerprint density at radius 2 is 1.70 bits per heavy atom. The molecule has 0 N–H and O–H groups in total. The third kappa shape index (κ3) is 2.03. The molecule has 100 valence electrons. The van der Waals surface area contributed by atoms with E-state index >= 15 is 0 Å². The SMILES string of the molecule is Cc1ccc2c(c1)C(=O)N(c1ccc(Cl)cc1I)C2=O. The number of aryl methyl sites for hydroxylation is 1. The maximum Gasteiger partial charge on any atom is 0.266 e. The molecule has 1 aliphatic heterocycles. The number of fused-ring (bicyclic) bond motifs is 1. The standard InChI is InChI=1S/C15H9ClINO2/c1-8-2-4-10-11(6-8)15(20)18(14(10)19)13-5-3-9(16)7-12(13)17/h2-7H,1H3. The zero-order valence-electron chi connectivity index (χ0n) is 10.5. The van der Waals surface area contributed by atoms with Crippen LogP contribution in [-0.2, 0) is 0 Å². The average molecular weight is 398 g/mol. The number of imide groups is 1. The van der Waals surface area contributed by atoms with Crippen LogP contribution in [0.2, 0.25) is 5.02 Å². The molecule has 0 spiro atoms. The van der Waals surface area contributed by atoms with Crippen molar-refractivity contribution in [2.24, 2.45) is 0 Å². The predicted octanol–water partition coefficient (Wildman–Crippen LogP) is 4.05. The van der Waals surface area contributed by atoms with Gasteiger partial charge in [-0.05, 0) is 59.8 Å². The van der Waals surface area contributed by atoms with Gasteiger partial charge in [-0.2, -0.15) is 0 Å². The molecule has 1 aliphatic rings. The molecule has 0 saturated heterocycles. The third-order valence-electron chi connectivity index (χ3n) is 3.19. The summed E-state index contributed by atoms with van der Waals surface area (Å²) in [7, 11) is 0. The largest absolute Gasteiger partial charge is 0.268 e. The van der Waals surface area contributed by atoms with E-state index in [2.05, 4.69) is 22.6 Å². The van der Waals surface area contributed by atoms with Crippen molar-refractivity contribution in [1.29, 1.82) is 0 Å². The van der Waals surface area contributed by atoms with Crippen LogP contribution in [0, 0.1) is 10.5 Å². The lowest BCUT2D eigenvalue weighted by Crippen LogP contribution is -2.30. The van der Waals surface area contributed by atoms with Gasteiger partial charge in [0.25, 0.3) is 11.8 Å². The molecule has 0 bridgehead atoms. The minimum absolute atomic E-state index is 0.283. The molecule has 0 radical (unpaired) electrons. The quantitative estimate of drug-likeness (QED) is 0.538. The number of rotatable bonds is 1. The number of amides is 2. The summed E-state index contributed by atoms with van der Waals surface area (Å²) < 4.78 is 0.765. The Balaban J connectivity index is 2.14. The first-order valence-corrected chi connectivity index (χ1v) is 7.39. The normalized spacial score (nSPS) is 13.8. The number of carbonyl (C=O) groups excluding carboxylic acids is 2. The summed E-state index contributed by atoms with van der Waals surface area (Å²) >= 11 is 7.98. The first-order valence-electron chi connectivity index (χ1n) is 5.93. The van der Waals surface area contributed by atoms with Crippen molar-refractivity contribution in [3.8, 4) is 0 Å². The van der Waals surface area contributed by atoms with Gasteiger partial charge < -0.3 is 0 Å². The molecule has 0 atom stereocenters. The molecule has 3 rings (SSSR count). The smallest absolute Gasteiger partial charge is 0.266 e. The van der Waals surface area contributed by atoms with Crippen LogP contribution in [0.3, 0.4) is 0 Å². The molecule has 2 aromatic carbocycles. The number of halogens is 2. The molecule has 0 aliphatic carbocycles. The van der Waals surface area contributed by atoms with Crippen molar-refractivity contribution in [2.45, 2.75) is 6.92 Å². The summed E-state index contributed by atoms with van der Waals surface area (Å²) in [5.74, 6) is -0.570. The van der Waals surface area contributed by atoms with Gasteiger partial charge in [-0.1, -0.05) is 23.2 Å². The second-order valence-electron chi connectivity index (χ2n) is 4.59. The minimum atomic E-state index is -0.287. The van der Waals surface area contributed by atoms with Crippen molar-refractivity contribution in [3.05, 3.63) is 61.7 Å². The zero-order valence-corrected chi connectivity index (χ0v) is 13.4. The van der Waals surface area contributed by atoms with Gasteiger partial charge in [0.05, 0.1) is 16.8 Å². The highest BCUT2D eigenvalue weighted by atomic mass is 127. The fourth-order valence-electron chi connectivity index (χ4n) is 2.24. The summed E-state index contributed by atoms with van der Waals surface area (Å²) in [6.45, 7) is 1.90. The Hall–Kier alpha value is -1.40. The fraction of sp³-hybridized carbons (Fsp3) is 0.0667. The lowest BCUT2D eigenvalue weighted by atomic mass is 10.1. The number of hydrogen-bond acceptors (Lipinski definition) is 2. The van der Waals surface area contributed by atoms with E-state index in [1.807, 2.05) is 13.0 Å².